The van der Waals surface area contributed by atoms with Crippen LogP contribution in [0.25, 0.3) is 0 Å². The first-order valence-corrected chi connectivity index (χ1v) is 6.71. The topological polar surface area (TPSA) is 75.4 Å². The van der Waals surface area contributed by atoms with Crippen LogP contribution in [0.4, 0.5) is 11.4 Å². The van der Waals surface area contributed by atoms with Gasteiger partial charge in [-0.3, -0.25) is 9.59 Å². The molecule has 6 heteroatoms. The van der Waals surface area contributed by atoms with Crippen molar-refractivity contribution in [3.05, 3.63) is 18.2 Å². The van der Waals surface area contributed by atoms with E-state index >= 15 is 0 Å². The monoisotopic (exact) mass is 265 g/mol. The van der Waals surface area contributed by atoms with Gasteiger partial charge in [-0.15, -0.1) is 11.8 Å². The van der Waals surface area contributed by atoms with Crippen molar-refractivity contribution in [1.29, 1.82) is 0 Å². The second kappa shape index (κ2) is 5.41. The second-order valence-corrected chi connectivity index (χ2v) is 4.94. The molecule has 2 rings (SSSR count). The fourth-order valence-electron chi connectivity index (χ4n) is 1.75. The summed E-state index contributed by atoms with van der Waals surface area (Å²) in [6.45, 7) is 2.75. The number of hydrogen-bond acceptors (Lipinski definition) is 5. The third kappa shape index (κ3) is 2.49. The van der Waals surface area contributed by atoms with Gasteiger partial charge in [-0.2, -0.15) is 0 Å². The normalized spacial score (nSPS) is 14.5. The number of fused-ring (bicyclic) bond motifs is 1. The standard InChI is InChI=1S/C12H15N3O2S/c1-2-14-6-11(16)15-9-5-8(13)3-4-10(9)18-7-12(15)17/h3-5,14H,2,6-7,13H2,1H3. The molecule has 1 aliphatic heterocycles. The van der Waals surface area contributed by atoms with Crippen LogP contribution in [0.1, 0.15) is 6.92 Å². The lowest BCUT2D eigenvalue weighted by atomic mass is 10.2. The maximum atomic E-state index is 12.0. The minimum absolute atomic E-state index is 0.154. The van der Waals surface area contributed by atoms with Crippen molar-refractivity contribution < 1.29 is 9.59 Å². The molecule has 0 saturated carbocycles. The Labute approximate surface area is 110 Å². The van der Waals surface area contributed by atoms with Crippen LogP contribution in [-0.2, 0) is 9.59 Å². The Balaban J connectivity index is 2.32. The van der Waals surface area contributed by atoms with Gasteiger partial charge in [-0.1, -0.05) is 6.92 Å². The maximum absolute atomic E-state index is 12.0. The number of nitrogens with two attached hydrogens (primary N) is 1. The highest BCUT2D eigenvalue weighted by atomic mass is 32.2. The zero-order valence-electron chi connectivity index (χ0n) is 10.1. The zero-order valence-corrected chi connectivity index (χ0v) is 10.9. The number of carbonyl (C=O) groups is 2. The average Bonchev–Trinajstić information content (AvgIpc) is 2.35. The summed E-state index contributed by atoms with van der Waals surface area (Å²) in [5.41, 5.74) is 6.86. The summed E-state index contributed by atoms with van der Waals surface area (Å²) in [4.78, 5) is 26.1. The number of benzene rings is 1. The number of carbonyl (C=O) groups excluding carboxylic acids is 2. The largest absolute Gasteiger partial charge is 0.399 e. The quantitative estimate of drug-likeness (QED) is 0.792. The van der Waals surface area contributed by atoms with Gasteiger partial charge in [0.05, 0.1) is 18.0 Å². The summed E-state index contributed by atoms with van der Waals surface area (Å²) in [6, 6.07) is 5.28. The molecule has 0 bridgehead atoms. The van der Waals surface area contributed by atoms with Crippen molar-refractivity contribution in [2.75, 3.05) is 29.5 Å². The first-order chi connectivity index (χ1) is 8.63. The Bertz CT molecular complexity index is 490. The van der Waals surface area contributed by atoms with Crippen molar-refractivity contribution >= 4 is 35.0 Å². The van der Waals surface area contributed by atoms with Gasteiger partial charge in [0.15, 0.2) is 0 Å². The fourth-order valence-corrected chi connectivity index (χ4v) is 2.62. The van der Waals surface area contributed by atoms with E-state index in [9.17, 15) is 9.59 Å². The van der Waals surface area contributed by atoms with Crippen molar-refractivity contribution in [3.8, 4) is 0 Å². The van der Waals surface area contributed by atoms with Crippen LogP contribution >= 0.6 is 11.8 Å². The number of nitrogens with zero attached hydrogens (tertiary/aromatic N) is 1. The third-order valence-electron chi connectivity index (χ3n) is 2.60. The molecule has 3 N–H and O–H groups in total. The Morgan fingerprint density at radius 1 is 1.56 bits per heavy atom. The van der Waals surface area contributed by atoms with Crippen molar-refractivity contribution in [1.82, 2.24) is 5.32 Å². The number of nitrogens with one attached hydrogen (secondary N) is 1. The molecule has 0 atom stereocenters. The molecule has 5 nitrogen and oxygen atoms in total. The predicted molar refractivity (Wildman–Crippen MR) is 72.6 cm³/mol. The van der Waals surface area contributed by atoms with E-state index < -0.39 is 0 Å². The average molecular weight is 265 g/mol. The molecule has 1 aromatic rings. The van der Waals surface area contributed by atoms with Gasteiger partial charge in [0.2, 0.25) is 11.8 Å². The van der Waals surface area contributed by atoms with Gasteiger partial charge in [-0.25, -0.2) is 4.90 Å². The molecule has 18 heavy (non-hydrogen) atoms. The van der Waals surface area contributed by atoms with E-state index in [1.807, 2.05) is 13.0 Å². The Kier molecular flexibility index (Phi) is 3.88. The Hall–Kier alpha value is -1.53. The molecule has 1 aromatic carbocycles. The second-order valence-electron chi connectivity index (χ2n) is 3.92. The third-order valence-corrected chi connectivity index (χ3v) is 3.65. The molecule has 2 amide bonds. The van der Waals surface area contributed by atoms with Gasteiger partial charge in [0.1, 0.15) is 0 Å². The minimum Gasteiger partial charge on any atom is -0.399 e. The number of anilines is 2. The van der Waals surface area contributed by atoms with Crippen molar-refractivity contribution in [2.45, 2.75) is 11.8 Å². The zero-order chi connectivity index (χ0) is 13.1. The number of thioether (sulfide) groups is 1. The number of nitrogen functional groups attached to an aromatic ring is 1. The summed E-state index contributed by atoms with van der Waals surface area (Å²) in [5, 5.41) is 2.93. The first-order valence-electron chi connectivity index (χ1n) is 5.72. The minimum atomic E-state index is -0.242. The van der Waals surface area contributed by atoms with Gasteiger partial charge < -0.3 is 11.1 Å². The van der Waals surface area contributed by atoms with Gasteiger partial charge in [0, 0.05) is 10.6 Å². The van der Waals surface area contributed by atoms with E-state index in [1.54, 1.807) is 12.1 Å². The number of rotatable bonds is 3. The van der Waals surface area contributed by atoms with Crippen LogP contribution in [0.2, 0.25) is 0 Å². The van der Waals surface area contributed by atoms with Crippen LogP contribution in [0.15, 0.2) is 23.1 Å². The number of hydrogen-bond donors (Lipinski definition) is 2. The fraction of sp³-hybridized carbons (Fsp3) is 0.333. The molecule has 0 radical (unpaired) electrons. The lowest BCUT2D eigenvalue weighted by molar-refractivity contribution is -0.124. The molecule has 0 spiro atoms. The molecule has 0 unspecified atom stereocenters. The van der Waals surface area contributed by atoms with E-state index in [4.69, 9.17) is 5.73 Å². The molecule has 0 aromatic heterocycles. The lowest BCUT2D eigenvalue weighted by Crippen LogP contribution is -2.45. The van der Waals surface area contributed by atoms with E-state index in [0.717, 1.165) is 4.90 Å². The van der Waals surface area contributed by atoms with E-state index in [0.29, 0.717) is 17.9 Å². The van der Waals surface area contributed by atoms with Crippen molar-refractivity contribution in [3.63, 3.8) is 0 Å². The summed E-state index contributed by atoms with van der Waals surface area (Å²) in [6.07, 6.45) is 0. The van der Waals surface area contributed by atoms with Gasteiger partial charge >= 0.3 is 0 Å². The molecule has 1 aliphatic rings. The smallest absolute Gasteiger partial charge is 0.247 e. The molecule has 0 fully saturated rings. The van der Waals surface area contributed by atoms with Crippen LogP contribution in [0, 0.1) is 0 Å². The highest BCUT2D eigenvalue weighted by Gasteiger charge is 2.29. The first kappa shape index (κ1) is 12.9. The van der Waals surface area contributed by atoms with E-state index in [2.05, 4.69) is 5.32 Å². The molecule has 0 saturated heterocycles. The molecule has 1 heterocycles. The molecular formula is C12H15N3O2S. The maximum Gasteiger partial charge on any atom is 0.247 e. The van der Waals surface area contributed by atoms with Crippen LogP contribution in [0.3, 0.4) is 0 Å². The Morgan fingerprint density at radius 3 is 3.06 bits per heavy atom. The lowest BCUT2D eigenvalue weighted by Gasteiger charge is -2.27. The summed E-state index contributed by atoms with van der Waals surface area (Å²) in [7, 11) is 0. The molecule has 0 aliphatic carbocycles. The van der Waals surface area contributed by atoms with Gasteiger partial charge in [0.25, 0.3) is 0 Å². The Morgan fingerprint density at radius 2 is 2.33 bits per heavy atom. The van der Waals surface area contributed by atoms with Crippen molar-refractivity contribution in [2.24, 2.45) is 0 Å². The van der Waals surface area contributed by atoms with E-state index in [1.165, 1.54) is 16.7 Å². The summed E-state index contributed by atoms with van der Waals surface area (Å²) >= 11 is 1.43. The highest BCUT2D eigenvalue weighted by molar-refractivity contribution is 8.00. The van der Waals surface area contributed by atoms with Gasteiger partial charge in [-0.05, 0) is 24.7 Å². The van der Waals surface area contributed by atoms with Crippen LogP contribution < -0.4 is 16.0 Å². The number of amides is 2. The van der Waals surface area contributed by atoms with E-state index in [-0.39, 0.29) is 24.1 Å². The molecular weight excluding hydrogens is 250 g/mol. The molecule has 96 valence electrons. The summed E-state index contributed by atoms with van der Waals surface area (Å²) in [5.74, 6) is -0.149. The summed E-state index contributed by atoms with van der Waals surface area (Å²) < 4.78 is 0. The SMILES string of the molecule is CCNCC(=O)N1C(=O)CSc2ccc(N)cc21. The van der Waals surface area contributed by atoms with Crippen LogP contribution in [-0.4, -0.2) is 30.7 Å². The number of imide groups is 1. The number of likely N-dealkylation sites (N-methyl/N-ethyl adjacent to an activating group) is 1. The van der Waals surface area contributed by atoms with Crippen LogP contribution in [0.5, 0.6) is 0 Å². The highest BCUT2D eigenvalue weighted by Crippen LogP contribution is 2.36. The predicted octanol–water partition coefficient (Wildman–Crippen LogP) is 0.844.